The van der Waals surface area contributed by atoms with Crippen LogP contribution in [0, 0.1) is 0 Å². The Balaban J connectivity index is 2.46. The molecule has 0 aliphatic carbocycles. The topological polar surface area (TPSA) is 32.3 Å². The summed E-state index contributed by atoms with van der Waals surface area (Å²) >= 11 is 0. The quantitative estimate of drug-likeness (QED) is 0.526. The fourth-order valence-electron chi connectivity index (χ4n) is 1.18. The van der Waals surface area contributed by atoms with Crippen molar-refractivity contribution in [2.24, 2.45) is 0 Å². The smallest absolute Gasteiger partial charge is 0.0949 e. The van der Waals surface area contributed by atoms with Crippen LogP contribution in [0.25, 0.3) is 0 Å². The van der Waals surface area contributed by atoms with Crippen LogP contribution in [0.2, 0.25) is 0 Å². The number of aliphatic hydroxyl groups is 1. The highest BCUT2D eigenvalue weighted by atomic mass is 16.3. The predicted molar refractivity (Wildman–Crippen MR) is 41.8 cm³/mol. The molecule has 10 heavy (non-hydrogen) atoms. The van der Waals surface area contributed by atoms with E-state index in [1.54, 1.807) is 6.08 Å². The van der Waals surface area contributed by atoms with Crippen molar-refractivity contribution >= 4 is 0 Å². The SMILES string of the molecule is C=CC1(O)CCC(C)NC1. The van der Waals surface area contributed by atoms with Crippen molar-refractivity contribution in [1.29, 1.82) is 0 Å². The standard InChI is InChI=1S/C8H15NO/c1-3-8(10)5-4-7(2)9-6-8/h3,7,9-10H,1,4-6H2,2H3. The molecular weight excluding hydrogens is 126 g/mol. The van der Waals surface area contributed by atoms with E-state index in [-0.39, 0.29) is 0 Å². The molecule has 0 spiro atoms. The Kier molecular flexibility index (Phi) is 2.11. The summed E-state index contributed by atoms with van der Waals surface area (Å²) in [5, 5.41) is 12.8. The third kappa shape index (κ3) is 1.58. The zero-order valence-electron chi connectivity index (χ0n) is 6.43. The lowest BCUT2D eigenvalue weighted by atomic mass is 9.91. The molecule has 1 heterocycles. The van der Waals surface area contributed by atoms with Crippen LogP contribution in [-0.4, -0.2) is 23.3 Å². The van der Waals surface area contributed by atoms with E-state index in [0.717, 1.165) is 12.8 Å². The van der Waals surface area contributed by atoms with Crippen molar-refractivity contribution < 1.29 is 5.11 Å². The molecule has 2 atom stereocenters. The maximum absolute atomic E-state index is 9.62. The van der Waals surface area contributed by atoms with E-state index in [1.807, 2.05) is 0 Å². The first-order valence-electron chi connectivity index (χ1n) is 3.76. The van der Waals surface area contributed by atoms with Crippen LogP contribution < -0.4 is 5.32 Å². The summed E-state index contributed by atoms with van der Waals surface area (Å²) in [6, 6.07) is 0.542. The summed E-state index contributed by atoms with van der Waals surface area (Å²) in [6.45, 7) is 6.37. The van der Waals surface area contributed by atoms with E-state index in [1.165, 1.54) is 0 Å². The highest BCUT2D eigenvalue weighted by Gasteiger charge is 2.27. The van der Waals surface area contributed by atoms with Crippen LogP contribution in [0.5, 0.6) is 0 Å². The van der Waals surface area contributed by atoms with Crippen LogP contribution in [0.3, 0.4) is 0 Å². The van der Waals surface area contributed by atoms with E-state index in [0.29, 0.717) is 12.6 Å². The summed E-state index contributed by atoms with van der Waals surface area (Å²) < 4.78 is 0. The molecule has 1 rings (SSSR count). The van der Waals surface area contributed by atoms with Gasteiger partial charge >= 0.3 is 0 Å². The fraction of sp³-hybridized carbons (Fsp3) is 0.750. The first-order valence-corrected chi connectivity index (χ1v) is 3.76. The fourth-order valence-corrected chi connectivity index (χ4v) is 1.18. The molecule has 2 nitrogen and oxygen atoms in total. The summed E-state index contributed by atoms with van der Waals surface area (Å²) in [4.78, 5) is 0. The Morgan fingerprint density at radius 3 is 2.90 bits per heavy atom. The lowest BCUT2D eigenvalue weighted by Gasteiger charge is -2.33. The molecule has 2 heteroatoms. The Labute approximate surface area is 61.9 Å². The van der Waals surface area contributed by atoms with Gasteiger partial charge in [0, 0.05) is 12.6 Å². The van der Waals surface area contributed by atoms with Crippen LogP contribution in [0.15, 0.2) is 12.7 Å². The molecule has 1 aliphatic rings. The second-order valence-electron chi connectivity index (χ2n) is 3.13. The van der Waals surface area contributed by atoms with Gasteiger partial charge < -0.3 is 10.4 Å². The highest BCUT2D eigenvalue weighted by Crippen LogP contribution is 2.19. The number of nitrogens with one attached hydrogen (secondary N) is 1. The molecule has 58 valence electrons. The van der Waals surface area contributed by atoms with Gasteiger partial charge in [0.25, 0.3) is 0 Å². The normalized spacial score (nSPS) is 41.2. The molecule has 0 saturated carbocycles. The number of hydrogen-bond donors (Lipinski definition) is 2. The van der Waals surface area contributed by atoms with Crippen LogP contribution in [0.1, 0.15) is 19.8 Å². The van der Waals surface area contributed by atoms with Gasteiger partial charge in [-0.3, -0.25) is 0 Å². The van der Waals surface area contributed by atoms with E-state index < -0.39 is 5.60 Å². The van der Waals surface area contributed by atoms with Crippen molar-refractivity contribution in [3.63, 3.8) is 0 Å². The van der Waals surface area contributed by atoms with Crippen molar-refractivity contribution in [2.45, 2.75) is 31.4 Å². The molecule has 1 aliphatic heterocycles. The van der Waals surface area contributed by atoms with Crippen molar-refractivity contribution in [1.82, 2.24) is 5.32 Å². The average Bonchev–Trinajstić information content (AvgIpc) is 1.96. The Morgan fingerprint density at radius 2 is 2.50 bits per heavy atom. The third-order valence-corrected chi connectivity index (χ3v) is 2.15. The monoisotopic (exact) mass is 141 g/mol. The summed E-state index contributed by atoms with van der Waals surface area (Å²) in [7, 11) is 0. The second-order valence-corrected chi connectivity index (χ2v) is 3.13. The largest absolute Gasteiger partial charge is 0.384 e. The summed E-state index contributed by atoms with van der Waals surface area (Å²) in [5.41, 5.74) is -0.646. The summed E-state index contributed by atoms with van der Waals surface area (Å²) in [6.07, 6.45) is 3.50. The van der Waals surface area contributed by atoms with Crippen LogP contribution in [-0.2, 0) is 0 Å². The minimum atomic E-state index is -0.646. The third-order valence-electron chi connectivity index (χ3n) is 2.15. The lowest BCUT2D eigenvalue weighted by Crippen LogP contribution is -2.47. The predicted octanol–water partition coefficient (Wildman–Crippen LogP) is 0.675. The number of β-amino-alcohol motifs (C(OH)–C–C–N with tert-alkyl or cyclic N) is 1. The van der Waals surface area contributed by atoms with Crippen LogP contribution >= 0.6 is 0 Å². The van der Waals surface area contributed by atoms with Crippen molar-refractivity contribution in [3.8, 4) is 0 Å². The summed E-state index contributed by atoms with van der Waals surface area (Å²) in [5.74, 6) is 0. The molecule has 0 bridgehead atoms. The molecule has 1 fully saturated rings. The molecule has 1 saturated heterocycles. The lowest BCUT2D eigenvalue weighted by molar-refractivity contribution is 0.0542. The van der Waals surface area contributed by atoms with Gasteiger partial charge in [-0.15, -0.1) is 6.58 Å². The second kappa shape index (κ2) is 2.72. The van der Waals surface area contributed by atoms with Gasteiger partial charge in [0.2, 0.25) is 0 Å². The minimum Gasteiger partial charge on any atom is -0.384 e. The zero-order valence-corrected chi connectivity index (χ0v) is 6.43. The van der Waals surface area contributed by atoms with Gasteiger partial charge in [0.05, 0.1) is 5.60 Å². The van der Waals surface area contributed by atoms with Gasteiger partial charge in [-0.25, -0.2) is 0 Å². The average molecular weight is 141 g/mol. The number of piperidine rings is 1. The molecule has 0 aromatic rings. The van der Waals surface area contributed by atoms with Gasteiger partial charge in [0.15, 0.2) is 0 Å². The van der Waals surface area contributed by atoms with E-state index in [4.69, 9.17) is 0 Å². The first-order chi connectivity index (χ1) is 4.66. The molecular formula is C8H15NO. The number of rotatable bonds is 1. The van der Waals surface area contributed by atoms with Crippen molar-refractivity contribution in [2.75, 3.05) is 6.54 Å². The molecule has 0 aromatic heterocycles. The van der Waals surface area contributed by atoms with Gasteiger partial charge in [-0.2, -0.15) is 0 Å². The number of hydrogen-bond acceptors (Lipinski definition) is 2. The first kappa shape index (κ1) is 7.76. The molecule has 0 amide bonds. The van der Waals surface area contributed by atoms with Gasteiger partial charge in [-0.05, 0) is 19.8 Å². The Hall–Kier alpha value is -0.340. The van der Waals surface area contributed by atoms with Crippen molar-refractivity contribution in [3.05, 3.63) is 12.7 Å². The molecule has 0 radical (unpaired) electrons. The Bertz CT molecular complexity index is 125. The van der Waals surface area contributed by atoms with E-state index >= 15 is 0 Å². The Morgan fingerprint density at radius 1 is 1.80 bits per heavy atom. The molecule has 2 unspecified atom stereocenters. The van der Waals surface area contributed by atoms with Gasteiger partial charge in [0.1, 0.15) is 0 Å². The maximum atomic E-state index is 9.62. The highest BCUT2D eigenvalue weighted by molar-refractivity contribution is 5.00. The van der Waals surface area contributed by atoms with E-state index in [9.17, 15) is 5.11 Å². The van der Waals surface area contributed by atoms with Gasteiger partial charge in [-0.1, -0.05) is 6.08 Å². The molecule has 0 aromatic carbocycles. The molecule has 2 N–H and O–H groups in total. The zero-order chi connectivity index (χ0) is 7.61. The minimum absolute atomic E-state index is 0.542. The maximum Gasteiger partial charge on any atom is 0.0949 e. The van der Waals surface area contributed by atoms with Crippen LogP contribution in [0.4, 0.5) is 0 Å². The van der Waals surface area contributed by atoms with E-state index in [2.05, 4.69) is 18.8 Å².